The largest absolute Gasteiger partial charge is 0.477 e. The highest BCUT2D eigenvalue weighted by atomic mass is 16.4. The van der Waals surface area contributed by atoms with Crippen LogP contribution in [0, 0.1) is 0 Å². The highest BCUT2D eigenvalue weighted by Crippen LogP contribution is 2.17. The van der Waals surface area contributed by atoms with E-state index < -0.39 is 5.97 Å². The molecule has 0 aromatic heterocycles. The summed E-state index contributed by atoms with van der Waals surface area (Å²) in [6, 6.07) is 0.388. The van der Waals surface area contributed by atoms with Crippen LogP contribution < -0.4 is 5.43 Å². The van der Waals surface area contributed by atoms with Gasteiger partial charge in [-0.1, -0.05) is 12.8 Å². The second-order valence-electron chi connectivity index (χ2n) is 3.11. The fraction of sp³-hybridized carbons (Fsp3) is 0.750. The Hall–Kier alpha value is -1.06. The van der Waals surface area contributed by atoms with Crippen molar-refractivity contribution in [1.82, 2.24) is 5.43 Å². The summed E-state index contributed by atoms with van der Waals surface area (Å²) in [5.41, 5.74) is 3.00. The summed E-state index contributed by atoms with van der Waals surface area (Å²) >= 11 is 0. The van der Waals surface area contributed by atoms with E-state index >= 15 is 0 Å². The lowest BCUT2D eigenvalue weighted by Crippen LogP contribution is -2.23. The summed E-state index contributed by atoms with van der Waals surface area (Å²) in [5, 5.41) is 12.3. The predicted molar refractivity (Wildman–Crippen MR) is 46.1 cm³/mol. The van der Waals surface area contributed by atoms with Crippen LogP contribution in [-0.2, 0) is 4.79 Å². The Bertz CT molecular complexity index is 195. The van der Waals surface area contributed by atoms with Crippen molar-refractivity contribution in [2.45, 2.75) is 38.6 Å². The molecule has 68 valence electrons. The molecule has 0 heterocycles. The highest BCUT2D eigenvalue weighted by Gasteiger charge is 2.13. The number of rotatable bonds is 3. The molecule has 12 heavy (non-hydrogen) atoms. The number of hydrazone groups is 1. The maximum Gasteiger partial charge on any atom is 0.351 e. The lowest BCUT2D eigenvalue weighted by molar-refractivity contribution is -0.129. The molecule has 4 heteroatoms. The van der Waals surface area contributed by atoms with Gasteiger partial charge in [-0.3, -0.25) is 0 Å². The van der Waals surface area contributed by atoms with Crippen LogP contribution in [0.25, 0.3) is 0 Å². The van der Waals surface area contributed by atoms with Crippen LogP contribution in [0.15, 0.2) is 5.10 Å². The maximum absolute atomic E-state index is 10.3. The monoisotopic (exact) mass is 170 g/mol. The first-order valence-corrected chi connectivity index (χ1v) is 4.23. The molecule has 1 fully saturated rings. The predicted octanol–water partition coefficient (Wildman–Crippen LogP) is 0.979. The zero-order chi connectivity index (χ0) is 8.97. The molecule has 0 spiro atoms. The Kier molecular flexibility index (Phi) is 3.08. The Morgan fingerprint density at radius 1 is 1.50 bits per heavy atom. The fourth-order valence-corrected chi connectivity index (χ4v) is 1.29. The minimum Gasteiger partial charge on any atom is -0.477 e. The van der Waals surface area contributed by atoms with Gasteiger partial charge in [-0.25, -0.2) is 4.79 Å². The minimum atomic E-state index is -0.958. The summed E-state index contributed by atoms with van der Waals surface area (Å²) < 4.78 is 0. The van der Waals surface area contributed by atoms with Gasteiger partial charge >= 0.3 is 5.97 Å². The first-order chi connectivity index (χ1) is 5.70. The molecular weight excluding hydrogens is 156 g/mol. The van der Waals surface area contributed by atoms with Crippen LogP contribution in [0.2, 0.25) is 0 Å². The van der Waals surface area contributed by atoms with Crippen LogP contribution in [0.5, 0.6) is 0 Å². The van der Waals surface area contributed by atoms with Crippen molar-refractivity contribution in [1.29, 1.82) is 0 Å². The molecule has 0 amide bonds. The van der Waals surface area contributed by atoms with Gasteiger partial charge in [0, 0.05) is 6.04 Å². The minimum absolute atomic E-state index is 0.127. The highest BCUT2D eigenvalue weighted by molar-refractivity contribution is 6.34. The molecule has 0 atom stereocenters. The molecule has 0 radical (unpaired) electrons. The van der Waals surface area contributed by atoms with E-state index in [0.29, 0.717) is 6.04 Å². The third-order valence-corrected chi connectivity index (χ3v) is 2.08. The number of nitrogens with zero attached hydrogens (tertiary/aromatic N) is 1. The van der Waals surface area contributed by atoms with E-state index in [4.69, 9.17) is 5.11 Å². The molecule has 1 aliphatic carbocycles. The van der Waals surface area contributed by atoms with Gasteiger partial charge in [0.1, 0.15) is 5.71 Å². The van der Waals surface area contributed by atoms with E-state index in [9.17, 15) is 4.79 Å². The second-order valence-corrected chi connectivity index (χ2v) is 3.11. The fourth-order valence-electron chi connectivity index (χ4n) is 1.29. The van der Waals surface area contributed by atoms with Gasteiger partial charge in [-0.15, -0.1) is 0 Å². The molecule has 4 nitrogen and oxygen atoms in total. The standard InChI is InChI=1S/C8H14N2O2/c1-6(8(11)12)9-10-7-4-2-3-5-7/h7,10H,2-5H2,1H3,(H,11,12)/b9-6-. The molecule has 0 aromatic rings. The van der Waals surface area contributed by atoms with Crippen LogP contribution >= 0.6 is 0 Å². The van der Waals surface area contributed by atoms with Gasteiger partial charge in [0.25, 0.3) is 0 Å². The zero-order valence-corrected chi connectivity index (χ0v) is 7.21. The first-order valence-electron chi connectivity index (χ1n) is 4.23. The van der Waals surface area contributed by atoms with E-state index in [2.05, 4.69) is 10.5 Å². The zero-order valence-electron chi connectivity index (χ0n) is 7.21. The van der Waals surface area contributed by atoms with Crippen LogP contribution in [0.3, 0.4) is 0 Å². The molecule has 0 bridgehead atoms. The molecule has 0 aromatic carbocycles. The van der Waals surface area contributed by atoms with E-state index in [1.807, 2.05) is 0 Å². The van der Waals surface area contributed by atoms with Crippen molar-refractivity contribution < 1.29 is 9.90 Å². The lowest BCUT2D eigenvalue weighted by atomic mass is 10.3. The number of hydrogen-bond acceptors (Lipinski definition) is 3. The Labute approximate surface area is 71.7 Å². The Balaban J connectivity index is 2.31. The number of carboxylic acid groups (broad SMARTS) is 1. The van der Waals surface area contributed by atoms with Gasteiger partial charge in [-0.2, -0.15) is 5.10 Å². The normalized spacial score (nSPS) is 19.6. The summed E-state index contributed by atoms with van der Waals surface area (Å²) in [4.78, 5) is 10.3. The van der Waals surface area contributed by atoms with Crippen molar-refractivity contribution in [3.63, 3.8) is 0 Å². The maximum atomic E-state index is 10.3. The van der Waals surface area contributed by atoms with Crippen LogP contribution in [0.4, 0.5) is 0 Å². The van der Waals surface area contributed by atoms with Gasteiger partial charge in [-0.05, 0) is 19.8 Å². The molecule has 0 unspecified atom stereocenters. The number of carboxylic acids is 1. The summed E-state index contributed by atoms with van der Waals surface area (Å²) in [6.45, 7) is 1.49. The summed E-state index contributed by atoms with van der Waals surface area (Å²) in [6.07, 6.45) is 4.66. The molecule has 0 saturated heterocycles. The van der Waals surface area contributed by atoms with Gasteiger partial charge in [0.15, 0.2) is 0 Å². The number of carbonyl (C=O) groups is 1. The average Bonchev–Trinajstić information content (AvgIpc) is 2.51. The van der Waals surface area contributed by atoms with Gasteiger partial charge < -0.3 is 10.5 Å². The SMILES string of the molecule is C/C(=N/NC1CCCC1)C(=O)O. The second kappa shape index (κ2) is 4.09. The molecular formula is C8H14N2O2. The molecule has 1 saturated carbocycles. The number of nitrogens with one attached hydrogen (secondary N) is 1. The van der Waals surface area contributed by atoms with Gasteiger partial charge in [0.2, 0.25) is 0 Å². The smallest absolute Gasteiger partial charge is 0.351 e. The van der Waals surface area contributed by atoms with Crippen LogP contribution in [-0.4, -0.2) is 22.8 Å². The van der Waals surface area contributed by atoms with E-state index in [1.54, 1.807) is 0 Å². The molecule has 1 aliphatic rings. The third kappa shape index (κ3) is 2.53. The van der Waals surface area contributed by atoms with E-state index in [1.165, 1.54) is 19.8 Å². The third-order valence-electron chi connectivity index (χ3n) is 2.08. The van der Waals surface area contributed by atoms with E-state index in [0.717, 1.165) is 12.8 Å². The number of aliphatic carboxylic acids is 1. The summed E-state index contributed by atoms with van der Waals surface area (Å²) in [7, 11) is 0. The van der Waals surface area contributed by atoms with E-state index in [-0.39, 0.29) is 5.71 Å². The molecule has 2 N–H and O–H groups in total. The topological polar surface area (TPSA) is 61.7 Å². The van der Waals surface area contributed by atoms with Crippen LogP contribution in [0.1, 0.15) is 32.6 Å². The van der Waals surface area contributed by atoms with Crippen molar-refractivity contribution in [2.75, 3.05) is 0 Å². The Morgan fingerprint density at radius 2 is 2.08 bits per heavy atom. The van der Waals surface area contributed by atoms with Crippen molar-refractivity contribution in [2.24, 2.45) is 5.10 Å². The average molecular weight is 170 g/mol. The lowest BCUT2D eigenvalue weighted by Gasteiger charge is -2.07. The molecule has 0 aliphatic heterocycles. The quantitative estimate of drug-likeness (QED) is 0.490. The molecule has 1 rings (SSSR count). The van der Waals surface area contributed by atoms with Crippen molar-refractivity contribution >= 4 is 11.7 Å². The number of hydrogen-bond donors (Lipinski definition) is 2. The summed E-state index contributed by atoms with van der Waals surface area (Å²) in [5.74, 6) is -0.958. The van der Waals surface area contributed by atoms with Gasteiger partial charge in [0.05, 0.1) is 0 Å². The van der Waals surface area contributed by atoms with Crippen molar-refractivity contribution in [3.05, 3.63) is 0 Å². The Morgan fingerprint density at radius 3 is 2.58 bits per heavy atom. The first kappa shape index (κ1) is 9.03. The van der Waals surface area contributed by atoms with Crippen molar-refractivity contribution in [3.8, 4) is 0 Å².